The highest BCUT2D eigenvalue weighted by atomic mass is 16.6. The molecule has 0 saturated carbocycles. The van der Waals surface area contributed by atoms with Gasteiger partial charge in [0.25, 0.3) is 0 Å². The third-order valence-corrected chi connectivity index (χ3v) is 3.54. The lowest BCUT2D eigenvalue weighted by Crippen LogP contribution is -2.50. The van der Waals surface area contributed by atoms with Crippen LogP contribution in [0.25, 0.3) is 0 Å². The van der Waals surface area contributed by atoms with Gasteiger partial charge in [-0.1, -0.05) is 13.8 Å². The third-order valence-electron chi connectivity index (χ3n) is 3.54. The number of hydrogen-bond donors (Lipinski definition) is 0. The monoisotopic (exact) mass is 269 g/mol. The quantitative estimate of drug-likeness (QED) is 0.677. The SMILES string of the molecule is CC(C)(C)OC(=O)N1CCC(=O)C(C)(C)CC1(C)C. The number of rotatable bonds is 0. The number of likely N-dealkylation sites (tertiary alicyclic amines) is 1. The van der Waals surface area contributed by atoms with Crippen molar-refractivity contribution in [2.45, 2.75) is 72.4 Å². The predicted molar refractivity (Wildman–Crippen MR) is 75.0 cm³/mol. The van der Waals surface area contributed by atoms with Crippen molar-refractivity contribution in [3.63, 3.8) is 0 Å². The van der Waals surface area contributed by atoms with Crippen LogP contribution < -0.4 is 0 Å². The lowest BCUT2D eigenvalue weighted by Gasteiger charge is -2.40. The topological polar surface area (TPSA) is 46.6 Å². The zero-order chi connectivity index (χ0) is 15.1. The van der Waals surface area contributed by atoms with Crippen molar-refractivity contribution in [2.75, 3.05) is 6.54 Å². The van der Waals surface area contributed by atoms with Crippen LogP contribution in [0.15, 0.2) is 0 Å². The molecule has 1 aliphatic heterocycles. The average Bonchev–Trinajstić information content (AvgIpc) is 2.18. The second kappa shape index (κ2) is 4.80. The Morgan fingerprint density at radius 2 is 1.74 bits per heavy atom. The molecule has 1 rings (SSSR count). The van der Waals surface area contributed by atoms with Crippen LogP contribution in [0.3, 0.4) is 0 Å². The van der Waals surface area contributed by atoms with E-state index in [1.54, 1.807) is 4.90 Å². The largest absolute Gasteiger partial charge is 0.444 e. The van der Waals surface area contributed by atoms with Gasteiger partial charge < -0.3 is 9.64 Å². The van der Waals surface area contributed by atoms with Gasteiger partial charge >= 0.3 is 6.09 Å². The summed E-state index contributed by atoms with van der Waals surface area (Å²) in [5, 5.41) is 0. The van der Waals surface area contributed by atoms with Crippen molar-refractivity contribution in [1.29, 1.82) is 0 Å². The summed E-state index contributed by atoms with van der Waals surface area (Å²) < 4.78 is 5.45. The van der Waals surface area contributed by atoms with E-state index >= 15 is 0 Å². The molecule has 0 spiro atoms. The molecule has 0 aromatic carbocycles. The van der Waals surface area contributed by atoms with E-state index in [0.29, 0.717) is 19.4 Å². The molecule has 1 fully saturated rings. The number of ketones is 1. The smallest absolute Gasteiger partial charge is 0.410 e. The van der Waals surface area contributed by atoms with E-state index in [9.17, 15) is 9.59 Å². The number of carbonyl (C=O) groups excluding carboxylic acids is 2. The van der Waals surface area contributed by atoms with Crippen molar-refractivity contribution >= 4 is 11.9 Å². The Hall–Kier alpha value is -1.06. The van der Waals surface area contributed by atoms with E-state index in [-0.39, 0.29) is 22.8 Å². The lowest BCUT2D eigenvalue weighted by molar-refractivity contribution is -0.127. The molecule has 0 aromatic rings. The molecule has 0 unspecified atom stereocenters. The van der Waals surface area contributed by atoms with Gasteiger partial charge in [-0.2, -0.15) is 0 Å². The fourth-order valence-electron chi connectivity index (χ4n) is 2.79. The van der Waals surface area contributed by atoms with Crippen LogP contribution in [0.5, 0.6) is 0 Å². The van der Waals surface area contributed by atoms with Gasteiger partial charge in [-0.05, 0) is 41.0 Å². The summed E-state index contributed by atoms with van der Waals surface area (Å²) in [6, 6.07) is 0. The van der Waals surface area contributed by atoms with E-state index < -0.39 is 5.60 Å². The van der Waals surface area contributed by atoms with Crippen molar-refractivity contribution < 1.29 is 14.3 Å². The number of Topliss-reactive ketones (excluding diaryl/α,β-unsaturated/α-hetero) is 1. The van der Waals surface area contributed by atoms with Crippen LogP contribution in [0.1, 0.15) is 61.3 Å². The van der Waals surface area contributed by atoms with Gasteiger partial charge in [0.1, 0.15) is 11.4 Å². The third kappa shape index (κ3) is 3.95. The van der Waals surface area contributed by atoms with E-state index in [4.69, 9.17) is 4.74 Å². The molecule has 1 aliphatic rings. The summed E-state index contributed by atoms with van der Waals surface area (Å²) in [5.74, 6) is 0.214. The molecule has 1 saturated heterocycles. The first-order valence-corrected chi connectivity index (χ1v) is 6.89. The van der Waals surface area contributed by atoms with E-state index in [1.165, 1.54) is 0 Å². The van der Waals surface area contributed by atoms with Crippen LogP contribution in [0, 0.1) is 5.41 Å². The zero-order valence-electron chi connectivity index (χ0n) is 13.3. The molecule has 0 bridgehead atoms. The fourth-order valence-corrected chi connectivity index (χ4v) is 2.79. The number of ether oxygens (including phenoxy) is 1. The van der Waals surface area contributed by atoms with Crippen molar-refractivity contribution in [3.05, 3.63) is 0 Å². The highest BCUT2D eigenvalue weighted by Gasteiger charge is 2.43. The van der Waals surface area contributed by atoms with Gasteiger partial charge in [-0.3, -0.25) is 4.79 Å². The Morgan fingerprint density at radius 3 is 2.21 bits per heavy atom. The highest BCUT2D eigenvalue weighted by molar-refractivity contribution is 5.85. The molecule has 1 heterocycles. The van der Waals surface area contributed by atoms with Crippen LogP contribution >= 0.6 is 0 Å². The fraction of sp³-hybridized carbons (Fsp3) is 0.867. The minimum absolute atomic E-state index is 0.214. The molecular formula is C15H27NO3. The first kappa shape index (κ1) is 16.0. The maximum Gasteiger partial charge on any atom is 0.410 e. The normalized spacial score (nSPS) is 22.9. The second-order valence-electron chi connectivity index (χ2n) is 7.68. The molecule has 0 N–H and O–H groups in total. The minimum atomic E-state index is -0.515. The molecule has 0 radical (unpaired) electrons. The summed E-state index contributed by atoms with van der Waals surface area (Å²) in [6.45, 7) is 13.9. The highest BCUT2D eigenvalue weighted by Crippen LogP contribution is 2.37. The van der Waals surface area contributed by atoms with Gasteiger partial charge in [0.15, 0.2) is 0 Å². The molecule has 4 nitrogen and oxygen atoms in total. The summed E-state index contributed by atoms with van der Waals surface area (Å²) in [4.78, 5) is 26.1. The first-order valence-electron chi connectivity index (χ1n) is 6.89. The molecule has 110 valence electrons. The number of nitrogens with zero attached hydrogens (tertiary/aromatic N) is 1. The summed E-state index contributed by atoms with van der Waals surface area (Å²) >= 11 is 0. The molecule has 0 atom stereocenters. The Bertz CT molecular complexity index is 377. The number of carbonyl (C=O) groups is 2. The Balaban J connectivity index is 2.95. The molecule has 0 aromatic heterocycles. The molecule has 0 aliphatic carbocycles. The molecular weight excluding hydrogens is 242 g/mol. The Morgan fingerprint density at radius 1 is 1.21 bits per heavy atom. The van der Waals surface area contributed by atoms with Crippen LogP contribution in [0.4, 0.5) is 4.79 Å². The summed E-state index contributed by atoms with van der Waals surface area (Å²) in [7, 11) is 0. The second-order valence-corrected chi connectivity index (χ2v) is 7.68. The summed E-state index contributed by atoms with van der Waals surface area (Å²) in [5.41, 5.74) is -1.28. The van der Waals surface area contributed by atoms with Crippen LogP contribution in [0.2, 0.25) is 0 Å². The Kier molecular flexibility index (Phi) is 4.04. The van der Waals surface area contributed by atoms with Crippen LogP contribution in [-0.2, 0) is 9.53 Å². The standard InChI is InChI=1S/C15H27NO3/c1-13(2,3)19-12(18)16-9-8-11(17)14(4,5)10-15(16,6)7/h8-10H2,1-7H3. The first-order chi connectivity index (χ1) is 8.35. The zero-order valence-corrected chi connectivity index (χ0v) is 13.3. The van der Waals surface area contributed by atoms with Gasteiger partial charge in [-0.15, -0.1) is 0 Å². The number of amides is 1. The molecule has 4 heteroatoms. The van der Waals surface area contributed by atoms with E-state index in [2.05, 4.69) is 0 Å². The van der Waals surface area contributed by atoms with Crippen LogP contribution in [-0.4, -0.2) is 34.5 Å². The Labute approximate surface area is 116 Å². The predicted octanol–water partition coefficient (Wildman–Crippen LogP) is 3.39. The van der Waals surface area contributed by atoms with Gasteiger partial charge in [0, 0.05) is 23.9 Å². The molecule has 19 heavy (non-hydrogen) atoms. The lowest BCUT2D eigenvalue weighted by atomic mass is 9.77. The van der Waals surface area contributed by atoms with Crippen molar-refractivity contribution in [1.82, 2.24) is 4.90 Å². The van der Waals surface area contributed by atoms with Crippen molar-refractivity contribution in [2.24, 2.45) is 5.41 Å². The minimum Gasteiger partial charge on any atom is -0.444 e. The summed E-state index contributed by atoms with van der Waals surface area (Å²) in [6.07, 6.45) is 0.719. The molecule has 1 amide bonds. The van der Waals surface area contributed by atoms with Gasteiger partial charge in [0.2, 0.25) is 0 Å². The van der Waals surface area contributed by atoms with E-state index in [0.717, 1.165) is 0 Å². The van der Waals surface area contributed by atoms with Gasteiger partial charge in [0.05, 0.1) is 0 Å². The average molecular weight is 269 g/mol. The van der Waals surface area contributed by atoms with Gasteiger partial charge in [-0.25, -0.2) is 4.79 Å². The number of hydrogen-bond acceptors (Lipinski definition) is 3. The van der Waals surface area contributed by atoms with E-state index in [1.807, 2.05) is 48.5 Å². The maximum atomic E-state index is 12.3. The van der Waals surface area contributed by atoms with Crippen molar-refractivity contribution in [3.8, 4) is 0 Å². The maximum absolute atomic E-state index is 12.3.